The van der Waals surface area contributed by atoms with Crippen molar-refractivity contribution in [3.05, 3.63) is 0 Å². The summed E-state index contributed by atoms with van der Waals surface area (Å²) in [5.74, 6) is 1.69. The number of nitrogens with zero attached hydrogens (tertiary/aromatic N) is 1. The molecule has 0 bridgehead atoms. The van der Waals surface area contributed by atoms with Crippen LogP contribution in [0, 0.1) is 0 Å². The van der Waals surface area contributed by atoms with Crippen molar-refractivity contribution < 1.29 is 14.6 Å². The van der Waals surface area contributed by atoms with Gasteiger partial charge in [-0.3, -0.25) is 4.79 Å². The molecule has 1 rings (SSSR count). The number of hydrogen-bond donors (Lipinski definition) is 1. The van der Waals surface area contributed by atoms with Crippen LogP contribution in [0.5, 0.6) is 0 Å². The highest BCUT2D eigenvalue weighted by Gasteiger charge is 2.26. The normalized spacial score (nSPS) is 21.1. The third-order valence-electron chi connectivity index (χ3n) is 2.63. The highest BCUT2D eigenvalue weighted by atomic mass is 32.2. The lowest BCUT2D eigenvalue weighted by Gasteiger charge is -2.34. The zero-order valence-electron chi connectivity index (χ0n) is 9.85. The fourth-order valence-electron chi connectivity index (χ4n) is 1.62. The Morgan fingerprint density at radius 3 is 3.12 bits per heavy atom. The zero-order chi connectivity index (χ0) is 11.8. The van der Waals surface area contributed by atoms with Crippen molar-refractivity contribution in [2.75, 3.05) is 37.9 Å². The molecule has 4 nitrogen and oxygen atoms in total. The van der Waals surface area contributed by atoms with Crippen LogP contribution in [-0.4, -0.2) is 59.8 Å². The van der Waals surface area contributed by atoms with Gasteiger partial charge in [-0.25, -0.2) is 0 Å². The quantitative estimate of drug-likeness (QED) is 0.703. The van der Waals surface area contributed by atoms with Gasteiger partial charge in [0, 0.05) is 6.54 Å². The molecule has 5 heteroatoms. The Kier molecular flexibility index (Phi) is 6.84. The molecule has 1 N–H and O–H groups in total. The average Bonchev–Trinajstić information content (AvgIpc) is 2.34. The molecule has 1 saturated heterocycles. The van der Waals surface area contributed by atoms with Gasteiger partial charge >= 0.3 is 0 Å². The van der Waals surface area contributed by atoms with E-state index in [9.17, 15) is 4.79 Å². The minimum atomic E-state index is -0.145. The first kappa shape index (κ1) is 13.8. The second-order valence-corrected chi connectivity index (χ2v) is 5.01. The van der Waals surface area contributed by atoms with E-state index in [1.807, 2.05) is 0 Å². The molecule has 0 aromatic carbocycles. The van der Waals surface area contributed by atoms with E-state index in [2.05, 4.69) is 6.92 Å². The van der Waals surface area contributed by atoms with E-state index in [1.54, 1.807) is 16.7 Å². The number of unbranched alkanes of at least 4 members (excludes halogenated alkanes) is 1. The number of rotatable bonds is 6. The van der Waals surface area contributed by atoms with Gasteiger partial charge in [0.25, 0.3) is 0 Å². The van der Waals surface area contributed by atoms with Gasteiger partial charge in [-0.1, -0.05) is 13.3 Å². The molecule has 1 unspecified atom stereocenters. The Bertz CT molecular complexity index is 213. The van der Waals surface area contributed by atoms with Crippen LogP contribution in [-0.2, 0) is 9.53 Å². The molecule has 1 atom stereocenters. The van der Waals surface area contributed by atoms with Crippen LogP contribution in [0.4, 0.5) is 0 Å². The summed E-state index contributed by atoms with van der Waals surface area (Å²) in [6.45, 7) is 3.79. The summed E-state index contributed by atoms with van der Waals surface area (Å²) < 4.78 is 5.24. The van der Waals surface area contributed by atoms with Gasteiger partial charge in [0.05, 0.1) is 31.6 Å². The Morgan fingerprint density at radius 1 is 1.62 bits per heavy atom. The van der Waals surface area contributed by atoms with Crippen molar-refractivity contribution in [1.82, 2.24) is 4.90 Å². The van der Waals surface area contributed by atoms with Gasteiger partial charge in [-0.05, 0) is 12.2 Å². The number of carbonyl (C=O) groups is 1. The van der Waals surface area contributed by atoms with E-state index in [-0.39, 0.29) is 18.6 Å². The fraction of sp³-hybridized carbons (Fsp3) is 0.909. The predicted molar refractivity (Wildman–Crippen MR) is 65.6 cm³/mol. The van der Waals surface area contributed by atoms with Crippen LogP contribution in [0.2, 0.25) is 0 Å². The smallest absolute Gasteiger partial charge is 0.233 e. The van der Waals surface area contributed by atoms with Gasteiger partial charge in [-0.2, -0.15) is 11.8 Å². The van der Waals surface area contributed by atoms with Crippen LogP contribution in [0.15, 0.2) is 0 Å². The first-order chi connectivity index (χ1) is 7.79. The first-order valence-corrected chi connectivity index (χ1v) is 7.00. The van der Waals surface area contributed by atoms with Gasteiger partial charge in [-0.15, -0.1) is 0 Å². The maximum Gasteiger partial charge on any atom is 0.233 e. The summed E-state index contributed by atoms with van der Waals surface area (Å²) in [6.07, 6.45) is 2.32. The third kappa shape index (κ3) is 4.31. The molecule has 0 aliphatic carbocycles. The largest absolute Gasteiger partial charge is 0.394 e. The van der Waals surface area contributed by atoms with E-state index in [0.717, 1.165) is 18.6 Å². The lowest BCUT2D eigenvalue weighted by atomic mass is 10.2. The van der Waals surface area contributed by atoms with Gasteiger partial charge in [0.1, 0.15) is 0 Å². The van der Waals surface area contributed by atoms with Crippen molar-refractivity contribution in [2.24, 2.45) is 0 Å². The molecule has 0 aromatic heterocycles. The molecule has 0 spiro atoms. The maximum atomic E-state index is 11.9. The summed E-state index contributed by atoms with van der Waals surface area (Å²) >= 11 is 1.68. The highest BCUT2D eigenvalue weighted by molar-refractivity contribution is 7.99. The summed E-state index contributed by atoms with van der Waals surface area (Å²) in [6, 6.07) is -0.145. The molecule has 0 aromatic rings. The second kappa shape index (κ2) is 7.92. The Balaban J connectivity index is 2.27. The molecule has 1 heterocycles. The minimum Gasteiger partial charge on any atom is -0.394 e. The van der Waals surface area contributed by atoms with E-state index < -0.39 is 0 Å². The van der Waals surface area contributed by atoms with Crippen molar-refractivity contribution in [3.63, 3.8) is 0 Å². The van der Waals surface area contributed by atoms with Crippen LogP contribution in [0.1, 0.15) is 19.8 Å². The Hall–Kier alpha value is -0.260. The first-order valence-electron chi connectivity index (χ1n) is 5.85. The minimum absolute atomic E-state index is 0.00856. The van der Waals surface area contributed by atoms with Crippen LogP contribution in [0.25, 0.3) is 0 Å². The van der Waals surface area contributed by atoms with Gasteiger partial charge in [0.2, 0.25) is 5.91 Å². The molecule has 1 aliphatic rings. The molecule has 94 valence electrons. The lowest BCUT2D eigenvalue weighted by Crippen LogP contribution is -2.51. The standard InChI is InChI=1S/C11H21NO3S/c1-2-3-6-16-9-11(14)12-4-5-15-8-10(12)7-13/h10,13H,2-9H2,1H3. The molecule has 1 fully saturated rings. The van der Waals surface area contributed by atoms with E-state index in [0.29, 0.717) is 25.5 Å². The highest BCUT2D eigenvalue weighted by Crippen LogP contribution is 2.11. The summed E-state index contributed by atoms with van der Waals surface area (Å²) in [4.78, 5) is 13.6. The van der Waals surface area contributed by atoms with Crippen molar-refractivity contribution in [1.29, 1.82) is 0 Å². The van der Waals surface area contributed by atoms with E-state index in [1.165, 1.54) is 0 Å². The molecule has 0 radical (unpaired) electrons. The number of morpholine rings is 1. The molecular weight excluding hydrogens is 226 g/mol. The number of aliphatic hydroxyl groups is 1. The van der Waals surface area contributed by atoms with Crippen LogP contribution >= 0.6 is 11.8 Å². The van der Waals surface area contributed by atoms with Crippen LogP contribution < -0.4 is 0 Å². The number of hydrogen-bond acceptors (Lipinski definition) is 4. The molecule has 1 aliphatic heterocycles. The molecule has 0 saturated carbocycles. The second-order valence-electron chi connectivity index (χ2n) is 3.90. The fourth-order valence-corrected chi connectivity index (χ4v) is 2.60. The zero-order valence-corrected chi connectivity index (χ0v) is 10.7. The molecule has 1 amide bonds. The average molecular weight is 247 g/mol. The van der Waals surface area contributed by atoms with Crippen molar-refractivity contribution in [3.8, 4) is 0 Å². The van der Waals surface area contributed by atoms with Crippen molar-refractivity contribution in [2.45, 2.75) is 25.8 Å². The van der Waals surface area contributed by atoms with E-state index in [4.69, 9.17) is 9.84 Å². The number of amides is 1. The third-order valence-corrected chi connectivity index (χ3v) is 3.65. The SMILES string of the molecule is CCCCSCC(=O)N1CCOCC1CO. The number of carbonyl (C=O) groups excluding carboxylic acids is 1. The monoisotopic (exact) mass is 247 g/mol. The maximum absolute atomic E-state index is 11.9. The summed E-state index contributed by atoms with van der Waals surface area (Å²) in [5.41, 5.74) is 0. The topological polar surface area (TPSA) is 49.8 Å². The van der Waals surface area contributed by atoms with Crippen molar-refractivity contribution >= 4 is 17.7 Å². The number of thioether (sulfide) groups is 1. The Labute approximate surface area is 101 Å². The lowest BCUT2D eigenvalue weighted by molar-refractivity contribution is -0.138. The summed E-state index contributed by atoms with van der Waals surface area (Å²) in [7, 11) is 0. The van der Waals surface area contributed by atoms with Gasteiger partial charge in [0.15, 0.2) is 0 Å². The van der Waals surface area contributed by atoms with Crippen LogP contribution in [0.3, 0.4) is 0 Å². The molecular formula is C11H21NO3S. The number of aliphatic hydroxyl groups excluding tert-OH is 1. The summed E-state index contributed by atoms with van der Waals surface area (Å²) in [5, 5.41) is 9.14. The predicted octanol–water partition coefficient (Wildman–Crippen LogP) is 0.739. The van der Waals surface area contributed by atoms with E-state index >= 15 is 0 Å². The Morgan fingerprint density at radius 2 is 2.44 bits per heavy atom. The van der Waals surface area contributed by atoms with Gasteiger partial charge < -0.3 is 14.7 Å². The number of ether oxygens (including phenoxy) is 1. The molecule has 16 heavy (non-hydrogen) atoms.